The van der Waals surface area contributed by atoms with Crippen LogP contribution in [0, 0.1) is 18.3 Å². The number of nitrogens with one attached hydrogen (secondary N) is 1. The van der Waals surface area contributed by atoms with Crippen LogP contribution in [0.2, 0.25) is 0 Å². The van der Waals surface area contributed by atoms with Crippen LogP contribution < -0.4 is 16.0 Å². The van der Waals surface area contributed by atoms with E-state index in [4.69, 9.17) is 10.5 Å². The quantitative estimate of drug-likeness (QED) is 0.820. The number of allylic oxidation sites excluding steroid dienone is 1. The van der Waals surface area contributed by atoms with Gasteiger partial charge in [-0.25, -0.2) is 0 Å². The van der Waals surface area contributed by atoms with E-state index in [1.807, 2.05) is 24.3 Å². The molecule has 0 bridgehead atoms. The number of aryl methyl sites for hydroxylation is 1. The molecule has 1 aliphatic rings. The molecule has 3 rings (SSSR count). The van der Waals surface area contributed by atoms with E-state index in [-0.39, 0.29) is 17.0 Å². The van der Waals surface area contributed by atoms with Crippen LogP contribution in [0.3, 0.4) is 0 Å². The maximum atomic E-state index is 12.4. The van der Waals surface area contributed by atoms with Gasteiger partial charge in [-0.3, -0.25) is 4.79 Å². The molecule has 0 aliphatic carbocycles. The first kappa shape index (κ1) is 14.4. The molecule has 6 heteroatoms. The van der Waals surface area contributed by atoms with Crippen LogP contribution in [0.4, 0.5) is 0 Å². The van der Waals surface area contributed by atoms with E-state index >= 15 is 0 Å². The molecular formula is C16H12BrN3O2. The van der Waals surface area contributed by atoms with Gasteiger partial charge in [0.2, 0.25) is 5.88 Å². The molecule has 5 nitrogen and oxygen atoms in total. The molecule has 110 valence electrons. The highest BCUT2D eigenvalue weighted by atomic mass is 79.9. The van der Waals surface area contributed by atoms with Crippen molar-refractivity contribution >= 4 is 15.9 Å². The van der Waals surface area contributed by atoms with Crippen LogP contribution in [0.15, 0.2) is 51.1 Å². The zero-order valence-electron chi connectivity index (χ0n) is 11.7. The van der Waals surface area contributed by atoms with Gasteiger partial charge in [0.05, 0.1) is 11.5 Å². The Kier molecular flexibility index (Phi) is 3.51. The average Bonchev–Trinajstić information content (AvgIpc) is 2.46. The van der Waals surface area contributed by atoms with Crippen molar-refractivity contribution in [2.75, 3.05) is 0 Å². The summed E-state index contributed by atoms with van der Waals surface area (Å²) < 4.78 is 6.39. The fourth-order valence-electron chi connectivity index (χ4n) is 2.59. The lowest BCUT2D eigenvalue weighted by Gasteiger charge is -2.25. The fourth-order valence-corrected chi connectivity index (χ4v) is 2.86. The zero-order valence-corrected chi connectivity index (χ0v) is 13.3. The molecule has 0 saturated carbocycles. The number of benzene rings is 1. The Bertz CT molecular complexity index is 876. The van der Waals surface area contributed by atoms with Gasteiger partial charge in [-0.2, -0.15) is 5.26 Å². The Morgan fingerprint density at radius 3 is 2.68 bits per heavy atom. The van der Waals surface area contributed by atoms with Crippen LogP contribution in [0.5, 0.6) is 5.75 Å². The van der Waals surface area contributed by atoms with Crippen molar-refractivity contribution in [3.05, 3.63) is 73.4 Å². The minimum absolute atomic E-state index is 0.0351. The first-order chi connectivity index (χ1) is 10.5. The second-order valence-corrected chi connectivity index (χ2v) is 5.95. The Labute approximate surface area is 135 Å². The molecule has 2 heterocycles. The van der Waals surface area contributed by atoms with E-state index < -0.39 is 5.92 Å². The number of hydrogen-bond donors (Lipinski definition) is 2. The SMILES string of the molecule is Cc1cc2c(c(=O)[nH]1)C(c1ccc(Br)cc1)C(C#N)=C(N)O2. The van der Waals surface area contributed by atoms with Crippen LogP contribution >= 0.6 is 15.9 Å². The van der Waals surface area contributed by atoms with Crippen molar-refractivity contribution in [3.8, 4) is 11.8 Å². The summed E-state index contributed by atoms with van der Waals surface area (Å²) in [5.41, 5.74) is 7.72. The van der Waals surface area contributed by atoms with E-state index in [0.29, 0.717) is 17.0 Å². The number of nitriles is 1. The molecular weight excluding hydrogens is 346 g/mol. The Morgan fingerprint density at radius 2 is 2.05 bits per heavy atom. The average molecular weight is 358 g/mol. The number of hydrogen-bond acceptors (Lipinski definition) is 4. The lowest BCUT2D eigenvalue weighted by molar-refractivity contribution is 0.391. The molecule has 2 aromatic rings. The molecule has 0 amide bonds. The molecule has 3 N–H and O–H groups in total. The minimum Gasteiger partial charge on any atom is -0.440 e. The molecule has 1 unspecified atom stereocenters. The third kappa shape index (κ3) is 2.30. The maximum absolute atomic E-state index is 12.4. The van der Waals surface area contributed by atoms with Crippen molar-refractivity contribution in [1.82, 2.24) is 4.98 Å². The van der Waals surface area contributed by atoms with Gasteiger partial charge in [-0.1, -0.05) is 28.1 Å². The number of pyridine rings is 1. The number of ether oxygens (including phenoxy) is 1. The largest absolute Gasteiger partial charge is 0.440 e. The summed E-state index contributed by atoms with van der Waals surface area (Å²) in [6.07, 6.45) is 0. The molecule has 1 aliphatic heterocycles. The summed E-state index contributed by atoms with van der Waals surface area (Å²) in [6, 6.07) is 11.2. The number of H-pyrrole nitrogens is 1. The number of nitrogens with two attached hydrogens (primary N) is 1. The molecule has 1 aromatic heterocycles. The van der Waals surface area contributed by atoms with Crippen LogP contribution in [-0.2, 0) is 0 Å². The van der Waals surface area contributed by atoms with E-state index in [2.05, 4.69) is 27.0 Å². The fraction of sp³-hybridized carbons (Fsp3) is 0.125. The smallest absolute Gasteiger partial charge is 0.256 e. The van der Waals surface area contributed by atoms with E-state index in [9.17, 15) is 10.1 Å². The standard InChI is InChI=1S/C16H12BrN3O2/c1-8-6-12-14(16(21)20-8)13(11(7-18)15(19)22-12)9-2-4-10(17)5-3-9/h2-6,13H,19H2,1H3,(H,20,21). The van der Waals surface area contributed by atoms with Crippen molar-refractivity contribution in [3.63, 3.8) is 0 Å². The van der Waals surface area contributed by atoms with Crippen LogP contribution in [0.1, 0.15) is 22.7 Å². The molecule has 1 atom stereocenters. The molecule has 0 spiro atoms. The third-order valence-electron chi connectivity index (χ3n) is 3.55. The summed E-state index contributed by atoms with van der Waals surface area (Å²) in [7, 11) is 0. The number of halogens is 1. The molecule has 0 fully saturated rings. The number of nitrogens with zero attached hydrogens (tertiary/aromatic N) is 1. The van der Waals surface area contributed by atoms with Crippen LogP contribution in [-0.4, -0.2) is 4.98 Å². The zero-order chi connectivity index (χ0) is 15.9. The van der Waals surface area contributed by atoms with Crippen LogP contribution in [0.25, 0.3) is 0 Å². The van der Waals surface area contributed by atoms with E-state index in [0.717, 1.165) is 10.0 Å². The van der Waals surface area contributed by atoms with Crippen molar-refractivity contribution < 1.29 is 4.74 Å². The normalized spacial score (nSPS) is 16.7. The summed E-state index contributed by atoms with van der Waals surface area (Å²) in [5.74, 6) is -0.107. The number of rotatable bonds is 1. The predicted octanol–water partition coefficient (Wildman–Crippen LogP) is 2.66. The Morgan fingerprint density at radius 1 is 1.36 bits per heavy atom. The molecule has 22 heavy (non-hydrogen) atoms. The minimum atomic E-state index is -0.536. The summed E-state index contributed by atoms with van der Waals surface area (Å²) in [5, 5.41) is 9.43. The monoisotopic (exact) mass is 357 g/mol. The number of aromatic amines is 1. The highest BCUT2D eigenvalue weighted by Crippen LogP contribution is 2.40. The van der Waals surface area contributed by atoms with Gasteiger partial charge in [0.1, 0.15) is 17.4 Å². The Hall–Kier alpha value is -2.52. The van der Waals surface area contributed by atoms with E-state index in [1.54, 1.807) is 13.0 Å². The molecule has 0 radical (unpaired) electrons. The summed E-state index contributed by atoms with van der Waals surface area (Å²) in [6.45, 7) is 1.76. The maximum Gasteiger partial charge on any atom is 0.256 e. The van der Waals surface area contributed by atoms with Gasteiger partial charge in [-0.15, -0.1) is 0 Å². The predicted molar refractivity (Wildman–Crippen MR) is 85.2 cm³/mol. The van der Waals surface area contributed by atoms with Crippen molar-refractivity contribution in [2.24, 2.45) is 5.73 Å². The lowest BCUT2D eigenvalue weighted by Crippen LogP contribution is -2.27. The van der Waals surface area contributed by atoms with Crippen molar-refractivity contribution in [2.45, 2.75) is 12.8 Å². The molecule has 0 saturated heterocycles. The van der Waals surface area contributed by atoms with E-state index in [1.165, 1.54) is 0 Å². The second kappa shape index (κ2) is 5.35. The summed E-state index contributed by atoms with van der Waals surface area (Å²) >= 11 is 3.37. The Balaban J connectivity index is 2.29. The summed E-state index contributed by atoms with van der Waals surface area (Å²) in [4.78, 5) is 15.1. The number of aromatic nitrogens is 1. The van der Waals surface area contributed by atoms with Crippen molar-refractivity contribution in [1.29, 1.82) is 5.26 Å². The first-order valence-electron chi connectivity index (χ1n) is 6.58. The van der Waals surface area contributed by atoms with Gasteiger partial charge < -0.3 is 15.5 Å². The third-order valence-corrected chi connectivity index (χ3v) is 4.08. The van der Waals surface area contributed by atoms with Gasteiger partial charge in [0.15, 0.2) is 0 Å². The van der Waals surface area contributed by atoms with Gasteiger partial charge in [-0.05, 0) is 24.6 Å². The highest BCUT2D eigenvalue weighted by molar-refractivity contribution is 9.10. The highest BCUT2D eigenvalue weighted by Gasteiger charge is 2.33. The first-order valence-corrected chi connectivity index (χ1v) is 7.37. The van der Waals surface area contributed by atoms with Gasteiger partial charge >= 0.3 is 0 Å². The number of fused-ring (bicyclic) bond motifs is 1. The topological polar surface area (TPSA) is 91.9 Å². The molecule has 1 aromatic carbocycles. The second-order valence-electron chi connectivity index (χ2n) is 5.04. The van der Waals surface area contributed by atoms with Gasteiger partial charge in [0, 0.05) is 16.2 Å². The van der Waals surface area contributed by atoms with Gasteiger partial charge in [0.25, 0.3) is 5.56 Å². The lowest BCUT2D eigenvalue weighted by atomic mass is 9.84.